The smallest absolute Gasteiger partial charge is 0.409 e. The van der Waals surface area contributed by atoms with Crippen molar-refractivity contribution in [3.8, 4) is 0 Å². The van der Waals surface area contributed by atoms with Crippen LogP contribution in [0.25, 0.3) is 0 Å². The highest BCUT2D eigenvalue weighted by atomic mass is 32.2. The first-order chi connectivity index (χ1) is 14.3. The second-order valence-electron chi connectivity index (χ2n) is 7.08. The molecule has 0 radical (unpaired) electrons. The van der Waals surface area contributed by atoms with Crippen LogP contribution in [-0.2, 0) is 19.6 Å². The summed E-state index contributed by atoms with van der Waals surface area (Å²) in [4.78, 5) is 39.3. The topological polar surface area (TPSA) is 116 Å². The van der Waals surface area contributed by atoms with Gasteiger partial charge >= 0.3 is 6.09 Å². The van der Waals surface area contributed by atoms with Crippen molar-refractivity contribution in [1.82, 2.24) is 19.4 Å². The Hall–Kier alpha value is -2.66. The first-order valence-corrected chi connectivity index (χ1v) is 11.3. The van der Waals surface area contributed by atoms with Gasteiger partial charge in [0.1, 0.15) is 6.04 Å². The van der Waals surface area contributed by atoms with E-state index in [0.29, 0.717) is 18.7 Å². The third kappa shape index (κ3) is 4.41. The number of nitrogens with one attached hydrogen (secondary N) is 1. The number of ether oxygens (including phenoxy) is 1. The van der Waals surface area contributed by atoms with Crippen molar-refractivity contribution >= 4 is 27.9 Å². The van der Waals surface area contributed by atoms with Crippen LogP contribution in [-0.4, -0.2) is 92.3 Å². The summed E-state index contributed by atoms with van der Waals surface area (Å²) in [5, 5.41) is 2.70. The summed E-state index contributed by atoms with van der Waals surface area (Å²) in [6.07, 6.45) is -0.446. The van der Waals surface area contributed by atoms with Gasteiger partial charge in [0.05, 0.1) is 11.5 Å². The number of hydrogen-bond acceptors (Lipinski definition) is 6. The highest BCUT2D eigenvalue weighted by molar-refractivity contribution is 7.89. The van der Waals surface area contributed by atoms with Gasteiger partial charge in [-0.2, -0.15) is 4.31 Å². The van der Waals surface area contributed by atoms with Crippen molar-refractivity contribution in [1.29, 1.82) is 0 Å². The molecule has 0 spiro atoms. The monoisotopic (exact) mass is 438 g/mol. The standard InChI is InChI=1S/C19H26N4O6S/c1-3-29-19(26)21-10-12-22(13-11-21)30(27,28)16-6-4-15(5-7-16)18(25)23-9-8-20-17(24)14(23)2/h4-7,14H,3,8-13H2,1-2H3,(H,20,24). The minimum atomic E-state index is -3.74. The van der Waals surface area contributed by atoms with Gasteiger partial charge in [-0.05, 0) is 38.1 Å². The van der Waals surface area contributed by atoms with Gasteiger partial charge in [-0.25, -0.2) is 13.2 Å². The van der Waals surface area contributed by atoms with Gasteiger partial charge in [0.2, 0.25) is 15.9 Å². The van der Waals surface area contributed by atoms with Gasteiger partial charge in [-0.3, -0.25) is 9.59 Å². The van der Waals surface area contributed by atoms with Crippen LogP contribution in [0.4, 0.5) is 4.79 Å². The number of amides is 3. The third-order valence-electron chi connectivity index (χ3n) is 5.26. The van der Waals surface area contributed by atoms with Crippen LogP contribution >= 0.6 is 0 Å². The van der Waals surface area contributed by atoms with Crippen LogP contribution in [0, 0.1) is 0 Å². The minimum Gasteiger partial charge on any atom is -0.450 e. The number of sulfonamides is 1. The summed E-state index contributed by atoms with van der Waals surface area (Å²) in [5.41, 5.74) is 0.322. The Kier molecular flexibility index (Phi) is 6.61. The Morgan fingerprint density at radius 3 is 2.33 bits per heavy atom. The minimum absolute atomic E-state index is 0.0769. The number of carbonyl (C=O) groups is 3. The van der Waals surface area contributed by atoms with Gasteiger partial charge in [-0.1, -0.05) is 0 Å². The molecule has 164 valence electrons. The third-order valence-corrected chi connectivity index (χ3v) is 7.18. The molecule has 30 heavy (non-hydrogen) atoms. The summed E-state index contributed by atoms with van der Waals surface area (Å²) in [7, 11) is -3.74. The van der Waals surface area contributed by atoms with Crippen molar-refractivity contribution in [3.63, 3.8) is 0 Å². The molecule has 1 aromatic carbocycles. The number of hydrogen-bond donors (Lipinski definition) is 1. The molecule has 0 aliphatic carbocycles. The van der Waals surface area contributed by atoms with Crippen LogP contribution in [0.3, 0.4) is 0 Å². The molecule has 2 heterocycles. The zero-order valence-corrected chi connectivity index (χ0v) is 17.9. The lowest BCUT2D eigenvalue weighted by molar-refractivity contribution is -0.127. The quantitative estimate of drug-likeness (QED) is 0.713. The zero-order valence-electron chi connectivity index (χ0n) is 17.0. The molecular weight excluding hydrogens is 412 g/mol. The van der Waals surface area contributed by atoms with Crippen LogP contribution in [0.15, 0.2) is 29.2 Å². The SMILES string of the molecule is CCOC(=O)N1CCN(S(=O)(=O)c2ccc(C(=O)N3CCNC(=O)C3C)cc2)CC1. The van der Waals surface area contributed by atoms with Crippen molar-refractivity contribution in [2.24, 2.45) is 0 Å². The first kappa shape index (κ1) is 22.0. The van der Waals surface area contributed by atoms with Crippen LogP contribution < -0.4 is 5.32 Å². The van der Waals surface area contributed by atoms with Crippen molar-refractivity contribution in [3.05, 3.63) is 29.8 Å². The largest absolute Gasteiger partial charge is 0.450 e. The lowest BCUT2D eigenvalue weighted by Crippen LogP contribution is -2.55. The lowest BCUT2D eigenvalue weighted by atomic mass is 10.1. The molecule has 0 bridgehead atoms. The maximum absolute atomic E-state index is 12.9. The molecule has 2 fully saturated rings. The number of carbonyl (C=O) groups excluding carboxylic acids is 3. The molecule has 1 N–H and O–H groups in total. The molecule has 0 saturated carbocycles. The Bertz CT molecular complexity index is 909. The molecule has 3 rings (SSSR count). The van der Waals surface area contributed by atoms with Gasteiger partial charge in [0.15, 0.2) is 0 Å². The summed E-state index contributed by atoms with van der Waals surface area (Å²) < 4.78 is 32.1. The van der Waals surface area contributed by atoms with Crippen LogP contribution in [0.2, 0.25) is 0 Å². The fourth-order valence-electron chi connectivity index (χ4n) is 3.47. The number of rotatable bonds is 4. The van der Waals surface area contributed by atoms with E-state index in [1.54, 1.807) is 13.8 Å². The fraction of sp³-hybridized carbons (Fsp3) is 0.526. The van der Waals surface area contributed by atoms with Gasteiger partial charge in [0.25, 0.3) is 5.91 Å². The van der Waals surface area contributed by atoms with E-state index < -0.39 is 22.2 Å². The Balaban J connectivity index is 1.67. The van der Waals surface area contributed by atoms with Crippen molar-refractivity contribution in [2.75, 3.05) is 45.9 Å². The zero-order chi connectivity index (χ0) is 21.9. The van der Waals surface area contributed by atoms with E-state index in [0.717, 1.165) is 0 Å². The lowest BCUT2D eigenvalue weighted by Gasteiger charge is -2.33. The maximum Gasteiger partial charge on any atom is 0.409 e. The molecule has 3 amide bonds. The van der Waals surface area contributed by atoms with Crippen molar-refractivity contribution < 1.29 is 27.5 Å². The fourth-order valence-corrected chi connectivity index (χ4v) is 4.89. The molecule has 1 unspecified atom stereocenters. The number of benzene rings is 1. The Morgan fingerprint density at radius 2 is 1.73 bits per heavy atom. The molecule has 2 aliphatic rings. The molecule has 11 heteroatoms. The second kappa shape index (κ2) is 9.00. The van der Waals surface area contributed by atoms with Crippen LogP contribution in [0.1, 0.15) is 24.2 Å². The first-order valence-electron chi connectivity index (χ1n) is 9.86. The van der Waals surface area contributed by atoms with E-state index in [-0.39, 0.29) is 49.5 Å². The van der Waals surface area contributed by atoms with E-state index in [1.165, 1.54) is 38.4 Å². The predicted octanol–water partition coefficient (Wildman–Crippen LogP) is 0.110. The summed E-state index contributed by atoms with van der Waals surface area (Å²) >= 11 is 0. The predicted molar refractivity (Wildman–Crippen MR) is 107 cm³/mol. The molecule has 10 nitrogen and oxygen atoms in total. The summed E-state index contributed by atoms with van der Waals surface area (Å²) in [6.45, 7) is 5.27. The highest BCUT2D eigenvalue weighted by Crippen LogP contribution is 2.20. The van der Waals surface area contributed by atoms with Gasteiger partial charge < -0.3 is 19.9 Å². The maximum atomic E-state index is 12.9. The molecule has 1 atom stereocenters. The number of nitrogens with zero attached hydrogens (tertiary/aromatic N) is 3. The summed E-state index contributed by atoms with van der Waals surface area (Å²) in [5.74, 6) is -0.528. The Labute approximate surface area is 175 Å². The molecule has 2 saturated heterocycles. The number of piperazine rings is 2. The molecule has 2 aliphatic heterocycles. The van der Waals surface area contributed by atoms with Crippen molar-refractivity contribution in [2.45, 2.75) is 24.8 Å². The average molecular weight is 439 g/mol. The molecular formula is C19H26N4O6S. The van der Waals surface area contributed by atoms with E-state index in [4.69, 9.17) is 4.74 Å². The normalized spacial score (nSPS) is 20.6. The van der Waals surface area contributed by atoms with Crippen LogP contribution in [0.5, 0.6) is 0 Å². The second-order valence-corrected chi connectivity index (χ2v) is 9.02. The van der Waals surface area contributed by atoms with E-state index in [1.807, 2.05) is 0 Å². The van der Waals surface area contributed by atoms with E-state index >= 15 is 0 Å². The van der Waals surface area contributed by atoms with E-state index in [2.05, 4.69) is 5.32 Å². The molecule has 1 aromatic rings. The van der Waals surface area contributed by atoms with Gasteiger partial charge in [0, 0.05) is 44.8 Å². The summed E-state index contributed by atoms with van der Waals surface area (Å²) in [6, 6.07) is 5.14. The van der Waals surface area contributed by atoms with E-state index in [9.17, 15) is 22.8 Å². The van der Waals surface area contributed by atoms with Gasteiger partial charge in [-0.15, -0.1) is 0 Å². The molecule has 0 aromatic heterocycles. The average Bonchev–Trinajstić information content (AvgIpc) is 2.75. The highest BCUT2D eigenvalue weighted by Gasteiger charge is 2.32. The Morgan fingerprint density at radius 1 is 1.10 bits per heavy atom.